The maximum Gasteiger partial charge on any atom is 0.261 e. The molecule has 1 nitrogen and oxygen atoms in total. The van der Waals surface area contributed by atoms with E-state index in [1.807, 2.05) is 6.92 Å². The molecule has 2 aromatic rings. The van der Waals surface area contributed by atoms with Crippen LogP contribution in [0.4, 0.5) is 0 Å². The summed E-state index contributed by atoms with van der Waals surface area (Å²) in [4.78, 5) is 0. The molecule has 0 aromatic heterocycles. The third-order valence-corrected chi connectivity index (χ3v) is 10.2. The van der Waals surface area contributed by atoms with Crippen molar-refractivity contribution < 1.29 is 37.1 Å². The van der Waals surface area contributed by atoms with Crippen LogP contribution in [-0.2, 0) is 37.1 Å². The van der Waals surface area contributed by atoms with E-state index in [4.69, 9.17) is 4.43 Å². The van der Waals surface area contributed by atoms with Crippen LogP contribution in [0.3, 0.4) is 0 Å². The smallest absolute Gasteiger partial charge is 0.261 e. The molecule has 1 radical (unpaired) electrons. The average molecular weight is 481 g/mol. The van der Waals surface area contributed by atoms with Gasteiger partial charge in [-0.1, -0.05) is 106 Å². The second-order valence-corrected chi connectivity index (χ2v) is 12.9. The van der Waals surface area contributed by atoms with Crippen LogP contribution in [0.15, 0.2) is 84.0 Å². The predicted octanol–water partition coefficient (Wildman–Crippen LogP) is 6.07. The van der Waals surface area contributed by atoms with E-state index < -0.39 is 8.32 Å². The van der Waals surface area contributed by atoms with Crippen molar-refractivity contribution in [1.82, 2.24) is 0 Å². The van der Waals surface area contributed by atoms with Crippen LogP contribution in [-0.4, -0.2) is 14.9 Å². The van der Waals surface area contributed by atoms with Gasteiger partial charge < -0.3 is 4.43 Å². The molecule has 2 rings (SSSR count). The summed E-state index contributed by atoms with van der Waals surface area (Å²) in [7, 11) is -2.43. The van der Waals surface area contributed by atoms with Crippen molar-refractivity contribution >= 4 is 18.7 Å². The molecule has 0 unspecified atom stereocenters. The predicted molar refractivity (Wildman–Crippen MR) is 126 cm³/mol. The summed E-state index contributed by atoms with van der Waals surface area (Å²) >= 11 is 0. The summed E-state index contributed by atoms with van der Waals surface area (Å²) in [6.07, 6.45) is 6.54. The number of benzene rings is 2. The van der Waals surface area contributed by atoms with Gasteiger partial charge in [-0.15, -0.1) is 0 Å². The van der Waals surface area contributed by atoms with Crippen molar-refractivity contribution in [3.05, 3.63) is 90.9 Å². The van der Waals surface area contributed by atoms with Crippen molar-refractivity contribution in [2.75, 3.05) is 6.61 Å². The Balaban J connectivity index is 0.00000420. The first-order chi connectivity index (χ1) is 13.3. The fraction of sp³-hybridized carbons (Fsp3) is 0.346. The van der Waals surface area contributed by atoms with Gasteiger partial charge in [0.2, 0.25) is 0 Å². The molecule has 0 saturated heterocycles. The molecule has 0 aliphatic rings. The molecule has 0 saturated carbocycles. The maximum absolute atomic E-state index is 6.90. The van der Waals surface area contributed by atoms with E-state index in [0.717, 1.165) is 18.4 Å². The minimum atomic E-state index is -2.43. The van der Waals surface area contributed by atoms with Gasteiger partial charge in [-0.05, 0) is 28.8 Å². The van der Waals surface area contributed by atoms with Gasteiger partial charge in [0.05, 0.1) is 6.61 Å². The standard InChI is InChI=1S/C26H35OSi.Y/c1-22(2)14-13-15-23(3)20-21-27-28(26(4,5)6,24-16-9-7-10-17-24)25-18-11-8-12-19-25;/h7-12,14,16-20H,1,13,15,21H2,2-6H3;/q-1;/b22-14-,23-20+;. The fourth-order valence-corrected chi connectivity index (χ4v) is 8.21. The minimum absolute atomic E-state index is 0. The summed E-state index contributed by atoms with van der Waals surface area (Å²) in [6.45, 7) is 15.8. The van der Waals surface area contributed by atoms with Crippen molar-refractivity contribution in [2.45, 2.75) is 52.5 Å². The van der Waals surface area contributed by atoms with Gasteiger partial charge in [0.25, 0.3) is 8.32 Å². The van der Waals surface area contributed by atoms with Crippen molar-refractivity contribution in [2.24, 2.45) is 0 Å². The van der Waals surface area contributed by atoms with Crippen molar-refractivity contribution in [1.29, 1.82) is 0 Å². The van der Waals surface area contributed by atoms with Crippen LogP contribution in [0.25, 0.3) is 0 Å². The zero-order valence-corrected chi connectivity index (χ0v) is 22.6. The molecule has 0 bridgehead atoms. The molecule has 29 heavy (non-hydrogen) atoms. The van der Waals surface area contributed by atoms with Gasteiger partial charge in [-0.3, -0.25) is 0 Å². The Bertz CT molecular complexity index is 745. The van der Waals surface area contributed by atoms with E-state index in [2.05, 4.69) is 107 Å². The Morgan fingerprint density at radius 3 is 1.79 bits per heavy atom. The number of rotatable bonds is 8. The van der Waals surface area contributed by atoms with Gasteiger partial charge in [0, 0.05) is 32.7 Å². The number of hydrogen-bond acceptors (Lipinski definition) is 1. The third kappa shape index (κ3) is 7.07. The molecule has 0 fully saturated rings. The monoisotopic (exact) mass is 480 g/mol. The maximum atomic E-state index is 6.90. The molecule has 0 spiro atoms. The molecule has 3 heteroatoms. The van der Waals surface area contributed by atoms with E-state index in [9.17, 15) is 0 Å². The molecule has 2 aromatic carbocycles. The molecular formula is C26H35OSiY-. The van der Waals surface area contributed by atoms with Crippen LogP contribution in [0.5, 0.6) is 0 Å². The van der Waals surface area contributed by atoms with Crippen molar-refractivity contribution in [3.8, 4) is 0 Å². The zero-order chi connectivity index (χ0) is 20.6. The number of allylic oxidation sites excluding steroid dienone is 3. The Hall–Kier alpha value is -0.929. The van der Waals surface area contributed by atoms with Crippen molar-refractivity contribution in [3.63, 3.8) is 0 Å². The van der Waals surface area contributed by atoms with Gasteiger partial charge in [-0.25, -0.2) is 18.6 Å². The van der Waals surface area contributed by atoms with Gasteiger partial charge in [0.1, 0.15) is 0 Å². The zero-order valence-electron chi connectivity index (χ0n) is 18.7. The average Bonchev–Trinajstić information content (AvgIpc) is 2.65. The molecule has 0 aliphatic heterocycles. The second kappa shape index (κ2) is 12.1. The Labute approximate surface area is 204 Å². The fourth-order valence-electron chi connectivity index (χ4n) is 3.72. The largest absolute Gasteiger partial charge is 0.404 e. The molecule has 0 heterocycles. The first-order valence-electron chi connectivity index (χ1n) is 10.2. The summed E-state index contributed by atoms with van der Waals surface area (Å²) in [5, 5.41) is 2.68. The summed E-state index contributed by atoms with van der Waals surface area (Å²) in [6, 6.07) is 21.6. The van der Waals surface area contributed by atoms with E-state index in [1.165, 1.54) is 15.9 Å². The molecule has 0 atom stereocenters. The minimum Gasteiger partial charge on any atom is -0.404 e. The van der Waals surface area contributed by atoms with E-state index >= 15 is 0 Å². The molecule has 153 valence electrons. The molecule has 0 amide bonds. The van der Waals surface area contributed by atoms with E-state index in [-0.39, 0.29) is 37.7 Å². The summed E-state index contributed by atoms with van der Waals surface area (Å²) < 4.78 is 6.90. The molecule has 0 aliphatic carbocycles. The van der Waals surface area contributed by atoms with Gasteiger partial charge in [0.15, 0.2) is 0 Å². The second-order valence-electron chi connectivity index (χ2n) is 8.61. The molecule has 0 N–H and O–H groups in total. The Kier molecular flexibility index (Phi) is 10.9. The third-order valence-electron chi connectivity index (χ3n) is 5.18. The normalized spacial score (nSPS) is 13.1. The van der Waals surface area contributed by atoms with Crippen LogP contribution >= 0.6 is 0 Å². The SMILES string of the molecule is [CH2-]/C(C)=C/CC/C(C)=C/CO[Si](c1ccccc1)(c1ccccc1)C(C)(C)C.[Y]. The quantitative estimate of drug-likeness (QED) is 0.253. The van der Waals surface area contributed by atoms with Gasteiger partial charge >= 0.3 is 0 Å². The van der Waals surface area contributed by atoms with E-state index in [1.54, 1.807) is 0 Å². The van der Waals surface area contributed by atoms with Crippen LogP contribution in [0.2, 0.25) is 5.04 Å². The first-order valence-corrected chi connectivity index (χ1v) is 12.1. The first kappa shape index (κ1) is 26.1. The summed E-state index contributed by atoms with van der Waals surface area (Å²) in [5.41, 5.74) is 2.51. The summed E-state index contributed by atoms with van der Waals surface area (Å²) in [5.74, 6) is 0. The van der Waals surface area contributed by atoms with Gasteiger partial charge in [-0.2, -0.15) is 0 Å². The van der Waals surface area contributed by atoms with Crippen LogP contribution in [0.1, 0.15) is 47.5 Å². The van der Waals surface area contributed by atoms with Crippen LogP contribution in [0, 0.1) is 6.92 Å². The molecular weight excluding hydrogens is 445 g/mol. The topological polar surface area (TPSA) is 9.23 Å². The Morgan fingerprint density at radius 1 is 0.897 bits per heavy atom. The Morgan fingerprint density at radius 2 is 1.38 bits per heavy atom. The number of hydrogen-bond donors (Lipinski definition) is 0. The van der Waals surface area contributed by atoms with Crippen LogP contribution < -0.4 is 10.4 Å². The van der Waals surface area contributed by atoms with E-state index in [0.29, 0.717) is 6.61 Å².